The Kier molecular flexibility index (Phi) is 11.6. The van der Waals surface area contributed by atoms with Crippen LogP contribution in [0.5, 0.6) is 0 Å². The standard InChI is InChI=1S/C30H37F2N5O3/c1-4-8-37(9-5-2)30(40)23-11-20(3)10-22(15-23)29(39)36-27(14-21-12-24(31)16-25(32)13-21)28(38)19-34-18-26-17-33-6-7-35-26/h6-7,10-13,15-17,27-28,34,38H,4-5,8-9,14,18-19H2,1-3H3,(H,36,39)/t27-,28+/m0/s1. The van der Waals surface area contributed by atoms with Crippen molar-refractivity contribution < 1.29 is 23.5 Å². The molecule has 0 aliphatic rings. The van der Waals surface area contributed by atoms with Crippen LogP contribution in [0.1, 0.15) is 64.2 Å². The molecular weight excluding hydrogens is 516 g/mol. The lowest BCUT2D eigenvalue weighted by Crippen LogP contribution is -2.48. The van der Waals surface area contributed by atoms with Gasteiger partial charge in [0.05, 0.1) is 17.8 Å². The highest BCUT2D eigenvalue weighted by Gasteiger charge is 2.24. The second kappa shape index (κ2) is 15.1. The van der Waals surface area contributed by atoms with Gasteiger partial charge in [0.15, 0.2) is 0 Å². The summed E-state index contributed by atoms with van der Waals surface area (Å²) in [5.41, 5.74) is 2.35. The zero-order chi connectivity index (χ0) is 29.1. The van der Waals surface area contributed by atoms with Crippen LogP contribution in [0.3, 0.4) is 0 Å². The van der Waals surface area contributed by atoms with E-state index in [0.717, 1.165) is 24.5 Å². The number of aromatic nitrogens is 2. The normalized spacial score (nSPS) is 12.6. The smallest absolute Gasteiger partial charge is 0.253 e. The van der Waals surface area contributed by atoms with Crippen molar-refractivity contribution in [3.63, 3.8) is 0 Å². The Morgan fingerprint density at radius 2 is 1.65 bits per heavy atom. The number of benzene rings is 2. The third kappa shape index (κ3) is 9.17. The largest absolute Gasteiger partial charge is 0.390 e. The summed E-state index contributed by atoms with van der Waals surface area (Å²) in [5.74, 6) is -2.16. The summed E-state index contributed by atoms with van der Waals surface area (Å²) in [6, 6.07) is 7.16. The van der Waals surface area contributed by atoms with Crippen LogP contribution >= 0.6 is 0 Å². The molecule has 8 nitrogen and oxygen atoms in total. The van der Waals surface area contributed by atoms with Crippen LogP contribution in [-0.2, 0) is 13.0 Å². The first-order valence-electron chi connectivity index (χ1n) is 13.5. The van der Waals surface area contributed by atoms with Crippen molar-refractivity contribution in [3.05, 3.63) is 94.6 Å². The van der Waals surface area contributed by atoms with E-state index in [1.165, 1.54) is 12.1 Å². The lowest BCUT2D eigenvalue weighted by molar-refractivity contribution is 0.0755. The summed E-state index contributed by atoms with van der Waals surface area (Å²) in [5, 5.41) is 16.9. The summed E-state index contributed by atoms with van der Waals surface area (Å²) in [6.07, 6.45) is 5.20. The Hall–Kier alpha value is -3.76. The Labute approximate surface area is 233 Å². The zero-order valence-electron chi connectivity index (χ0n) is 23.2. The number of aryl methyl sites for hydroxylation is 1. The fourth-order valence-corrected chi connectivity index (χ4v) is 4.50. The first-order chi connectivity index (χ1) is 19.2. The minimum absolute atomic E-state index is 0.0210. The molecule has 2 atom stereocenters. The molecule has 0 aliphatic heterocycles. The number of aliphatic hydroxyl groups excluding tert-OH is 1. The molecule has 10 heteroatoms. The molecular formula is C30H37F2N5O3. The van der Waals surface area contributed by atoms with Crippen molar-refractivity contribution in [2.24, 2.45) is 0 Å². The van der Waals surface area contributed by atoms with E-state index < -0.39 is 29.7 Å². The highest BCUT2D eigenvalue weighted by atomic mass is 19.1. The minimum atomic E-state index is -1.11. The Bertz CT molecular complexity index is 1250. The van der Waals surface area contributed by atoms with E-state index >= 15 is 0 Å². The molecule has 214 valence electrons. The van der Waals surface area contributed by atoms with E-state index in [9.17, 15) is 23.5 Å². The van der Waals surface area contributed by atoms with Crippen LogP contribution in [0.4, 0.5) is 8.78 Å². The van der Waals surface area contributed by atoms with Crippen LogP contribution in [0.2, 0.25) is 0 Å². The summed E-state index contributed by atoms with van der Waals surface area (Å²) < 4.78 is 27.8. The number of halogens is 2. The third-order valence-electron chi connectivity index (χ3n) is 6.30. The molecule has 3 rings (SSSR count). The van der Waals surface area contributed by atoms with E-state index in [2.05, 4.69) is 20.6 Å². The van der Waals surface area contributed by atoms with Gasteiger partial charge in [0.1, 0.15) is 11.6 Å². The topological polar surface area (TPSA) is 107 Å². The van der Waals surface area contributed by atoms with Gasteiger partial charge in [-0.3, -0.25) is 19.6 Å². The molecule has 0 spiro atoms. The average Bonchev–Trinajstić information content (AvgIpc) is 2.91. The van der Waals surface area contributed by atoms with Crippen LogP contribution < -0.4 is 10.6 Å². The molecule has 0 radical (unpaired) electrons. The number of aliphatic hydroxyl groups is 1. The molecule has 2 aromatic carbocycles. The molecule has 3 aromatic rings. The molecule has 1 heterocycles. The summed E-state index contributed by atoms with van der Waals surface area (Å²) in [7, 11) is 0. The van der Waals surface area contributed by atoms with Crippen molar-refractivity contribution in [2.45, 2.75) is 58.7 Å². The van der Waals surface area contributed by atoms with Gasteiger partial charge in [-0.25, -0.2) is 8.78 Å². The van der Waals surface area contributed by atoms with Crippen LogP contribution in [-0.4, -0.2) is 63.6 Å². The van der Waals surface area contributed by atoms with E-state index in [4.69, 9.17) is 0 Å². The van der Waals surface area contributed by atoms with Gasteiger partial charge in [-0.05, 0) is 67.6 Å². The molecule has 0 fully saturated rings. The molecule has 0 aliphatic carbocycles. The predicted molar refractivity (Wildman–Crippen MR) is 149 cm³/mol. The summed E-state index contributed by atoms with van der Waals surface area (Å²) in [4.78, 5) is 36.5. The molecule has 0 unspecified atom stereocenters. The Morgan fingerprint density at radius 1 is 0.975 bits per heavy atom. The molecule has 1 aromatic heterocycles. The third-order valence-corrected chi connectivity index (χ3v) is 6.30. The Balaban J connectivity index is 1.80. The van der Waals surface area contributed by atoms with E-state index in [1.807, 2.05) is 13.8 Å². The van der Waals surface area contributed by atoms with Gasteiger partial charge < -0.3 is 20.6 Å². The monoisotopic (exact) mass is 553 g/mol. The van der Waals surface area contributed by atoms with Crippen molar-refractivity contribution in [1.82, 2.24) is 25.5 Å². The molecule has 40 heavy (non-hydrogen) atoms. The number of nitrogens with zero attached hydrogens (tertiary/aromatic N) is 3. The summed E-state index contributed by atoms with van der Waals surface area (Å²) >= 11 is 0. The fraction of sp³-hybridized carbons (Fsp3) is 0.400. The first-order valence-corrected chi connectivity index (χ1v) is 13.5. The van der Waals surface area contributed by atoms with Crippen molar-refractivity contribution in [1.29, 1.82) is 0 Å². The van der Waals surface area contributed by atoms with Crippen LogP contribution in [0.15, 0.2) is 55.0 Å². The minimum Gasteiger partial charge on any atom is -0.390 e. The highest BCUT2D eigenvalue weighted by Crippen LogP contribution is 2.16. The quantitative estimate of drug-likeness (QED) is 0.280. The number of hydrogen-bond acceptors (Lipinski definition) is 6. The number of amides is 2. The van der Waals surface area contributed by atoms with Gasteiger partial charge in [0.25, 0.3) is 11.8 Å². The number of rotatable bonds is 14. The van der Waals surface area contributed by atoms with Gasteiger partial charge in [0.2, 0.25) is 0 Å². The van der Waals surface area contributed by atoms with Gasteiger partial charge >= 0.3 is 0 Å². The number of carbonyl (C=O) groups excluding carboxylic acids is 2. The maximum Gasteiger partial charge on any atom is 0.253 e. The maximum atomic E-state index is 13.9. The fourth-order valence-electron chi connectivity index (χ4n) is 4.50. The van der Waals surface area contributed by atoms with E-state index in [1.54, 1.807) is 48.6 Å². The molecule has 3 N–H and O–H groups in total. The second-order valence-corrected chi connectivity index (χ2v) is 9.84. The lowest BCUT2D eigenvalue weighted by Gasteiger charge is -2.25. The maximum absolute atomic E-state index is 13.9. The lowest BCUT2D eigenvalue weighted by atomic mass is 9.99. The van der Waals surface area contributed by atoms with Crippen molar-refractivity contribution in [2.75, 3.05) is 19.6 Å². The zero-order valence-corrected chi connectivity index (χ0v) is 23.2. The SMILES string of the molecule is CCCN(CCC)C(=O)c1cc(C)cc(C(=O)N[C@@H](Cc2cc(F)cc(F)c2)[C@H](O)CNCc2cnccn2)c1. The molecule has 0 saturated carbocycles. The van der Waals surface area contributed by atoms with Gasteiger partial charge in [-0.15, -0.1) is 0 Å². The summed E-state index contributed by atoms with van der Waals surface area (Å²) in [6.45, 7) is 7.43. The number of nitrogens with one attached hydrogen (secondary N) is 2. The molecule has 2 amide bonds. The van der Waals surface area contributed by atoms with Crippen LogP contribution in [0.25, 0.3) is 0 Å². The second-order valence-electron chi connectivity index (χ2n) is 9.84. The van der Waals surface area contributed by atoms with Gasteiger partial charge in [-0.2, -0.15) is 0 Å². The number of carbonyl (C=O) groups is 2. The van der Waals surface area contributed by atoms with Crippen molar-refractivity contribution >= 4 is 11.8 Å². The average molecular weight is 554 g/mol. The van der Waals surface area contributed by atoms with Crippen molar-refractivity contribution in [3.8, 4) is 0 Å². The molecule has 0 bridgehead atoms. The Morgan fingerprint density at radius 3 is 2.27 bits per heavy atom. The van der Waals surface area contributed by atoms with Gasteiger partial charge in [0, 0.05) is 62.0 Å². The number of hydrogen-bond donors (Lipinski definition) is 3. The van der Waals surface area contributed by atoms with Gasteiger partial charge in [-0.1, -0.05) is 13.8 Å². The van der Waals surface area contributed by atoms with Crippen LogP contribution in [0, 0.1) is 18.6 Å². The van der Waals surface area contributed by atoms with E-state index in [0.29, 0.717) is 30.9 Å². The molecule has 0 saturated heterocycles. The van der Waals surface area contributed by atoms with E-state index in [-0.39, 0.29) is 30.0 Å². The highest BCUT2D eigenvalue weighted by molar-refractivity contribution is 6.00. The first kappa shape index (κ1) is 30.8. The predicted octanol–water partition coefficient (Wildman–Crippen LogP) is 3.82.